The van der Waals surface area contributed by atoms with Gasteiger partial charge in [0.1, 0.15) is 91.7 Å². The van der Waals surface area contributed by atoms with E-state index in [2.05, 4.69) is 13.2 Å². The first-order valence-electron chi connectivity index (χ1n) is 29.9. The largest absolute Gasteiger partial charge is 0.740 e. The standard InChI is InChI=1S/C64H66N4O29S/c1-28-13-41-57(77)67(63(83)91-24-30-5-9-34(10-6-30)93-61-51(73)47(69)49(71)53(95-61)59(79)80)39-20-45(43(87-3)18-37(39)55(75)65(41)22-28)89-26-32-15-33(17-36(16-32)97-98(85)86)27-90-46-21-40-38(19-44(46)88-4)56(76)66-23-29(2)14-42(66)58(78)68(40)64(84)92-25-31-7-11-35(12-8-31)94-62-52(74)48(70)50(72)54(96-62)60(81)82/h5-12,15-21,41-42,47-54,57-58,61-62,69-74,77-78H,1-2,13-14,22-27H2,3-4H3,(H,79,80)(H,81,82)(H,85,86)/p-1/t41-,42-,47-,48-,49-,50-,51+,52+,53-,54-,57?,58?,61+,62+/m0/s1. The molecule has 0 aromatic heterocycles. The van der Waals surface area contributed by atoms with Crippen LogP contribution in [0.15, 0.2) is 115 Å². The van der Waals surface area contributed by atoms with Crippen molar-refractivity contribution in [3.8, 4) is 40.2 Å². The lowest BCUT2D eigenvalue weighted by molar-refractivity contribution is -0.271. The minimum atomic E-state index is -3.11. The fourth-order valence-electron chi connectivity index (χ4n) is 12.0. The second kappa shape index (κ2) is 28.8. The molecular weight excluding hydrogens is 1320 g/mol. The summed E-state index contributed by atoms with van der Waals surface area (Å²) in [7, 11) is 2.57. The van der Waals surface area contributed by atoms with Crippen LogP contribution >= 0.6 is 0 Å². The lowest BCUT2D eigenvalue weighted by atomic mass is 9.99. The van der Waals surface area contributed by atoms with E-state index in [4.69, 9.17) is 51.6 Å². The van der Waals surface area contributed by atoms with Gasteiger partial charge in [-0.25, -0.2) is 33.2 Å². The van der Waals surface area contributed by atoms with Crippen LogP contribution in [0.3, 0.4) is 0 Å². The summed E-state index contributed by atoms with van der Waals surface area (Å²) in [6.07, 6.45) is -24.2. The molecule has 0 aliphatic carbocycles. The van der Waals surface area contributed by atoms with E-state index in [-0.39, 0.29) is 99.8 Å². The highest BCUT2D eigenvalue weighted by molar-refractivity contribution is 7.74. The lowest BCUT2D eigenvalue weighted by Gasteiger charge is -2.38. The first-order chi connectivity index (χ1) is 46.7. The number of aliphatic hydroxyl groups excluding tert-OH is 8. The number of hydrogen-bond acceptors (Lipinski definition) is 27. The Kier molecular flexibility index (Phi) is 20.5. The number of hydrogen-bond donors (Lipinski definition) is 10. The van der Waals surface area contributed by atoms with Gasteiger partial charge in [-0.1, -0.05) is 48.6 Å². The summed E-state index contributed by atoms with van der Waals surface area (Å²) in [5.74, 6) is -4.85. The van der Waals surface area contributed by atoms with Crippen molar-refractivity contribution in [2.75, 3.05) is 37.1 Å². The van der Waals surface area contributed by atoms with E-state index >= 15 is 0 Å². The summed E-state index contributed by atoms with van der Waals surface area (Å²) in [6.45, 7) is 6.40. The van der Waals surface area contributed by atoms with Crippen molar-refractivity contribution < 1.29 is 140 Å². The number of carbonyl (C=O) groups excluding carboxylic acids is 4. The SMILES string of the molecule is C=C1C[C@H]2C(O)N(C(=O)OCc3ccc(O[C@@H]4O[C@H](C(=O)O)[C@@H](O)[C@H](O)[C@H]4O)cc3)c3cc(OCc4cc(COc5cc6c(cc5OC)C(=O)N5CC(=C)C[C@H]5C(O)N6C(=O)OCc5ccc(O[C@@H]6O[C@H](C(=O)O)[C@@H](O)[C@H](O)[C@H]6O)cc5)cc(OS(=O)[O-])c4)c(OC)cc3C(=O)N2C1. The molecule has 3 unspecified atom stereocenters. The Balaban J connectivity index is 0.816. The fourth-order valence-corrected chi connectivity index (χ4v) is 12.3. The van der Waals surface area contributed by atoms with E-state index in [9.17, 15) is 88.6 Å². The maximum absolute atomic E-state index is 14.4. The third kappa shape index (κ3) is 14.2. The lowest BCUT2D eigenvalue weighted by Crippen LogP contribution is -2.61. The molecule has 6 aliphatic heterocycles. The van der Waals surface area contributed by atoms with Crippen LogP contribution in [0.1, 0.15) is 55.8 Å². The molecule has 33 nitrogen and oxygen atoms in total. The monoisotopic (exact) mass is 1390 g/mol. The van der Waals surface area contributed by atoms with Crippen molar-refractivity contribution in [3.63, 3.8) is 0 Å². The predicted octanol–water partition coefficient (Wildman–Crippen LogP) is 1.07. The van der Waals surface area contributed by atoms with Crippen LogP contribution in [0.2, 0.25) is 0 Å². The average molecular weight is 1390 g/mol. The molecule has 4 saturated heterocycles. The summed E-state index contributed by atoms with van der Waals surface area (Å²) in [4.78, 5) is 85.1. The molecule has 5 aromatic carbocycles. The molecule has 0 radical (unpaired) electrons. The number of aliphatic carboxylic acids is 2. The zero-order chi connectivity index (χ0) is 70.3. The van der Waals surface area contributed by atoms with Gasteiger partial charge in [0.05, 0.1) is 48.8 Å². The minimum absolute atomic E-state index is 0.0195. The summed E-state index contributed by atoms with van der Waals surface area (Å²) in [5, 5.41) is 104. The van der Waals surface area contributed by atoms with E-state index in [1.807, 2.05) is 0 Å². The van der Waals surface area contributed by atoms with Gasteiger partial charge in [-0.15, -0.1) is 0 Å². The van der Waals surface area contributed by atoms with Crippen molar-refractivity contribution in [1.82, 2.24) is 9.80 Å². The average Bonchev–Trinajstić information content (AvgIpc) is 1.62. The van der Waals surface area contributed by atoms with Crippen LogP contribution < -0.4 is 42.4 Å². The quantitative estimate of drug-likeness (QED) is 0.0385. The smallest absolute Gasteiger partial charge is 0.416 e. The highest BCUT2D eigenvalue weighted by Crippen LogP contribution is 2.45. The summed E-state index contributed by atoms with van der Waals surface area (Å²) in [6, 6.07) is 18.5. The van der Waals surface area contributed by atoms with Crippen molar-refractivity contribution in [1.29, 1.82) is 0 Å². The molecule has 5 aromatic rings. The molecule has 6 heterocycles. The molecule has 4 fully saturated rings. The molecule has 10 N–H and O–H groups in total. The first-order valence-corrected chi connectivity index (χ1v) is 30.9. The fraction of sp³-hybridized carbons (Fsp3) is 0.375. The molecule has 98 heavy (non-hydrogen) atoms. The van der Waals surface area contributed by atoms with Crippen molar-refractivity contribution >= 4 is 58.7 Å². The molecule has 15 atom stereocenters. The van der Waals surface area contributed by atoms with Gasteiger partial charge in [0.2, 0.25) is 12.6 Å². The summed E-state index contributed by atoms with van der Waals surface area (Å²) in [5.41, 5.74) is 1.79. The number of rotatable bonds is 20. The number of anilines is 2. The Morgan fingerprint density at radius 3 is 1.27 bits per heavy atom. The number of carbonyl (C=O) groups is 6. The topological polar surface area (TPSA) is 459 Å². The highest BCUT2D eigenvalue weighted by Gasteiger charge is 2.51. The van der Waals surface area contributed by atoms with Crippen LogP contribution in [-0.2, 0) is 66.3 Å². The summed E-state index contributed by atoms with van der Waals surface area (Å²) < 4.78 is 86.1. The highest BCUT2D eigenvalue weighted by atomic mass is 32.2. The first kappa shape index (κ1) is 69.7. The number of aliphatic hydroxyl groups is 8. The number of ether oxygens (including phenoxy) is 10. The van der Waals surface area contributed by atoms with Crippen LogP contribution in [0.5, 0.6) is 40.2 Å². The number of nitrogens with zero attached hydrogens (tertiary/aromatic N) is 4. The molecule has 6 aliphatic rings. The minimum Gasteiger partial charge on any atom is -0.740 e. The third-order valence-electron chi connectivity index (χ3n) is 16.9. The van der Waals surface area contributed by atoms with Gasteiger partial charge in [-0.05, 0) is 89.7 Å². The van der Waals surface area contributed by atoms with Gasteiger partial charge in [0, 0.05) is 25.2 Å². The van der Waals surface area contributed by atoms with Gasteiger partial charge in [-0.2, -0.15) is 0 Å². The number of methoxy groups -OCH3 is 2. The number of carboxylic acids is 2. The molecule has 11 rings (SSSR count). The Labute approximate surface area is 557 Å². The second-order valence-electron chi connectivity index (χ2n) is 23.5. The Bertz CT molecular complexity index is 3710. The predicted molar refractivity (Wildman–Crippen MR) is 328 cm³/mol. The molecule has 34 heteroatoms. The van der Waals surface area contributed by atoms with Crippen LogP contribution in [0.25, 0.3) is 0 Å². The molecule has 0 bridgehead atoms. The number of carboxylic acid groups (broad SMARTS) is 2. The molecule has 4 amide bonds. The maximum Gasteiger partial charge on any atom is 0.416 e. The maximum atomic E-state index is 14.4. The van der Waals surface area contributed by atoms with E-state index in [0.717, 1.165) is 9.80 Å². The zero-order valence-corrected chi connectivity index (χ0v) is 52.6. The van der Waals surface area contributed by atoms with Gasteiger partial charge in [0.15, 0.2) is 47.7 Å². The molecule has 0 spiro atoms. The van der Waals surface area contributed by atoms with E-state index in [1.165, 1.54) is 115 Å². The normalized spacial score (nSPS) is 26.9. The van der Waals surface area contributed by atoms with Gasteiger partial charge in [0.25, 0.3) is 11.8 Å². The molecular formula is C64H65N4O29S-. The van der Waals surface area contributed by atoms with Crippen LogP contribution in [0.4, 0.5) is 21.0 Å². The summed E-state index contributed by atoms with van der Waals surface area (Å²) >= 11 is -3.11. The van der Waals surface area contributed by atoms with E-state index in [1.54, 1.807) is 0 Å². The Hall–Kier alpha value is -9.69. The van der Waals surface area contributed by atoms with Crippen LogP contribution in [-0.4, -0.2) is 219 Å². The zero-order valence-electron chi connectivity index (χ0n) is 51.7. The van der Waals surface area contributed by atoms with Crippen LogP contribution in [0, 0.1) is 0 Å². The second-order valence-corrected chi connectivity index (χ2v) is 24.0. The van der Waals surface area contributed by atoms with Gasteiger partial charge < -0.3 is 117 Å². The number of benzene rings is 5. The third-order valence-corrected chi connectivity index (χ3v) is 17.3. The van der Waals surface area contributed by atoms with E-state index < -0.39 is 160 Å². The van der Waals surface area contributed by atoms with E-state index in [0.29, 0.717) is 22.3 Å². The number of fused-ring (bicyclic) bond motifs is 4. The Morgan fingerprint density at radius 2 is 0.908 bits per heavy atom. The van der Waals surface area contributed by atoms with Crippen molar-refractivity contribution in [2.24, 2.45) is 0 Å². The number of amides is 4. The Morgan fingerprint density at radius 1 is 0.520 bits per heavy atom. The van der Waals surface area contributed by atoms with Gasteiger partial charge >= 0.3 is 24.1 Å². The van der Waals surface area contributed by atoms with Gasteiger partial charge in [-0.3, -0.25) is 9.59 Å². The van der Waals surface area contributed by atoms with Crippen molar-refractivity contribution in [3.05, 3.63) is 149 Å². The molecule has 522 valence electrons. The van der Waals surface area contributed by atoms with Crippen molar-refractivity contribution in [2.45, 2.75) is 125 Å². The molecule has 0 saturated carbocycles.